The molecule has 3 aromatic rings. The minimum atomic E-state index is 0.408. The van der Waals surface area contributed by atoms with Gasteiger partial charge in [-0.2, -0.15) is 5.26 Å². The number of fused-ring (bicyclic) bond motifs is 3. The Balaban J connectivity index is 1.90. The third-order valence-corrected chi connectivity index (χ3v) is 5.96. The number of unbranched alkanes of at least 4 members (excludes halogenated alkanes) is 2. The lowest BCUT2D eigenvalue weighted by Gasteiger charge is -2.24. The Hall–Kier alpha value is -3.03. The van der Waals surface area contributed by atoms with Crippen LogP contribution in [0.4, 0.5) is 0 Å². The van der Waals surface area contributed by atoms with Crippen molar-refractivity contribution in [2.24, 2.45) is 0 Å². The van der Waals surface area contributed by atoms with Gasteiger partial charge in [0.15, 0.2) is 0 Å². The molecule has 4 nitrogen and oxygen atoms in total. The standard InChI is InChI=1S/C26H25ClN2O2/c1-3-4-5-14-31-26-23(16-28)24(17-6-9-19(27)10-7-17)22-12-8-18-15-20(30-2)11-13-21(18)25(22)29-26/h6-7,9-11,13,15H,3-5,8,12,14H2,1-2H3. The highest BCUT2D eigenvalue weighted by atomic mass is 35.5. The van der Waals surface area contributed by atoms with E-state index in [4.69, 9.17) is 26.1 Å². The molecule has 0 aliphatic heterocycles. The fourth-order valence-corrected chi connectivity index (χ4v) is 4.25. The Bertz CT molecular complexity index is 1130. The molecule has 2 aromatic carbocycles. The lowest BCUT2D eigenvalue weighted by molar-refractivity contribution is 0.294. The molecular weight excluding hydrogens is 408 g/mol. The van der Waals surface area contributed by atoms with Crippen molar-refractivity contribution in [2.75, 3.05) is 13.7 Å². The fourth-order valence-electron chi connectivity index (χ4n) is 4.13. The van der Waals surface area contributed by atoms with Crippen molar-refractivity contribution in [3.8, 4) is 40.1 Å². The summed E-state index contributed by atoms with van der Waals surface area (Å²) in [6.45, 7) is 2.70. The summed E-state index contributed by atoms with van der Waals surface area (Å²) in [6, 6.07) is 16.1. The van der Waals surface area contributed by atoms with Gasteiger partial charge in [-0.1, -0.05) is 43.5 Å². The molecule has 4 rings (SSSR count). The zero-order chi connectivity index (χ0) is 21.8. The van der Waals surface area contributed by atoms with E-state index in [1.54, 1.807) is 7.11 Å². The average Bonchev–Trinajstić information content (AvgIpc) is 2.81. The van der Waals surface area contributed by atoms with Crippen LogP contribution >= 0.6 is 11.6 Å². The molecule has 158 valence electrons. The van der Waals surface area contributed by atoms with Crippen LogP contribution in [-0.4, -0.2) is 18.7 Å². The van der Waals surface area contributed by atoms with Crippen molar-refractivity contribution < 1.29 is 9.47 Å². The van der Waals surface area contributed by atoms with Gasteiger partial charge >= 0.3 is 0 Å². The number of rotatable bonds is 7. The molecule has 0 fully saturated rings. The minimum absolute atomic E-state index is 0.408. The van der Waals surface area contributed by atoms with Crippen molar-refractivity contribution >= 4 is 11.6 Å². The predicted molar refractivity (Wildman–Crippen MR) is 124 cm³/mol. The predicted octanol–water partition coefficient (Wildman–Crippen LogP) is 6.62. The van der Waals surface area contributed by atoms with Gasteiger partial charge in [0, 0.05) is 16.1 Å². The number of hydrogen-bond donors (Lipinski definition) is 0. The van der Waals surface area contributed by atoms with Crippen LogP contribution in [0.15, 0.2) is 42.5 Å². The van der Waals surface area contributed by atoms with Gasteiger partial charge in [-0.3, -0.25) is 0 Å². The van der Waals surface area contributed by atoms with Gasteiger partial charge in [-0.05, 0) is 66.3 Å². The Morgan fingerprint density at radius 3 is 2.61 bits per heavy atom. The topological polar surface area (TPSA) is 55.1 Å². The second-order valence-corrected chi connectivity index (χ2v) is 8.13. The smallest absolute Gasteiger partial charge is 0.232 e. The molecule has 0 atom stereocenters. The molecule has 0 saturated heterocycles. The van der Waals surface area contributed by atoms with Crippen LogP contribution in [0.25, 0.3) is 22.4 Å². The SMILES string of the molecule is CCCCCOc1nc2c(c(-c3ccc(Cl)cc3)c1C#N)CCc1cc(OC)ccc1-2. The van der Waals surface area contributed by atoms with Crippen molar-refractivity contribution in [1.82, 2.24) is 4.98 Å². The Labute approximate surface area is 188 Å². The van der Waals surface area contributed by atoms with E-state index in [1.807, 2.05) is 30.3 Å². The number of hydrogen-bond acceptors (Lipinski definition) is 4. The van der Waals surface area contributed by atoms with E-state index >= 15 is 0 Å². The molecule has 0 saturated carbocycles. The molecule has 0 amide bonds. The van der Waals surface area contributed by atoms with Gasteiger partial charge in [0.25, 0.3) is 0 Å². The van der Waals surface area contributed by atoms with Crippen LogP contribution in [0, 0.1) is 11.3 Å². The van der Waals surface area contributed by atoms with E-state index in [9.17, 15) is 5.26 Å². The van der Waals surface area contributed by atoms with Crippen molar-refractivity contribution in [2.45, 2.75) is 39.0 Å². The highest BCUT2D eigenvalue weighted by Crippen LogP contribution is 2.43. The first-order valence-corrected chi connectivity index (χ1v) is 11.1. The van der Waals surface area contributed by atoms with E-state index < -0.39 is 0 Å². The second kappa shape index (κ2) is 9.41. The summed E-state index contributed by atoms with van der Waals surface area (Å²) in [5.74, 6) is 1.25. The highest BCUT2D eigenvalue weighted by molar-refractivity contribution is 6.30. The summed E-state index contributed by atoms with van der Waals surface area (Å²) >= 11 is 6.13. The van der Waals surface area contributed by atoms with Gasteiger partial charge in [0.1, 0.15) is 17.4 Å². The lowest BCUT2D eigenvalue weighted by atomic mass is 9.83. The number of benzene rings is 2. The molecule has 31 heavy (non-hydrogen) atoms. The average molecular weight is 433 g/mol. The number of methoxy groups -OCH3 is 1. The third kappa shape index (κ3) is 4.24. The van der Waals surface area contributed by atoms with Gasteiger partial charge in [-0.25, -0.2) is 4.98 Å². The monoisotopic (exact) mass is 432 g/mol. The zero-order valence-corrected chi connectivity index (χ0v) is 18.6. The summed E-state index contributed by atoms with van der Waals surface area (Å²) in [5, 5.41) is 10.7. The quantitative estimate of drug-likeness (QED) is 0.394. The third-order valence-electron chi connectivity index (χ3n) is 5.71. The molecule has 0 N–H and O–H groups in total. The van der Waals surface area contributed by atoms with Crippen molar-refractivity contribution in [3.05, 3.63) is 64.2 Å². The molecule has 1 aliphatic carbocycles. The largest absolute Gasteiger partial charge is 0.497 e. The van der Waals surface area contributed by atoms with Gasteiger partial charge in [-0.15, -0.1) is 0 Å². The normalized spacial score (nSPS) is 11.9. The van der Waals surface area contributed by atoms with Crippen LogP contribution in [0.3, 0.4) is 0 Å². The van der Waals surface area contributed by atoms with Crippen molar-refractivity contribution in [3.63, 3.8) is 0 Å². The number of pyridine rings is 1. The first-order valence-electron chi connectivity index (χ1n) is 10.7. The molecule has 1 aliphatic rings. The van der Waals surface area contributed by atoms with E-state index in [0.717, 1.165) is 65.8 Å². The summed E-state index contributed by atoms with van der Waals surface area (Å²) in [7, 11) is 1.68. The number of ether oxygens (including phenoxy) is 2. The Morgan fingerprint density at radius 2 is 1.90 bits per heavy atom. The van der Waals surface area contributed by atoms with Crippen LogP contribution in [0.2, 0.25) is 5.02 Å². The van der Waals surface area contributed by atoms with Crippen molar-refractivity contribution in [1.29, 1.82) is 5.26 Å². The summed E-state index contributed by atoms with van der Waals surface area (Å²) < 4.78 is 11.5. The minimum Gasteiger partial charge on any atom is -0.497 e. The van der Waals surface area contributed by atoms with Crippen LogP contribution in [0.5, 0.6) is 11.6 Å². The van der Waals surface area contributed by atoms with Gasteiger partial charge < -0.3 is 9.47 Å². The Morgan fingerprint density at radius 1 is 1.10 bits per heavy atom. The zero-order valence-electron chi connectivity index (χ0n) is 17.9. The van der Waals surface area contributed by atoms with Crippen LogP contribution < -0.4 is 9.47 Å². The molecule has 0 spiro atoms. The number of aromatic nitrogens is 1. The highest BCUT2D eigenvalue weighted by Gasteiger charge is 2.27. The lowest BCUT2D eigenvalue weighted by Crippen LogP contribution is -2.12. The first-order chi connectivity index (χ1) is 15.2. The number of halogens is 1. The summed E-state index contributed by atoms with van der Waals surface area (Å²) in [5.41, 5.74) is 6.58. The number of aryl methyl sites for hydroxylation is 1. The fraction of sp³-hybridized carbons (Fsp3) is 0.308. The van der Waals surface area contributed by atoms with E-state index in [0.29, 0.717) is 23.1 Å². The summed E-state index contributed by atoms with van der Waals surface area (Å²) in [6.07, 6.45) is 4.79. The molecule has 0 bridgehead atoms. The van der Waals surface area contributed by atoms with Gasteiger partial charge in [0.05, 0.1) is 19.4 Å². The number of nitrogens with zero attached hydrogens (tertiary/aromatic N) is 2. The molecule has 1 heterocycles. The van der Waals surface area contributed by atoms with E-state index in [2.05, 4.69) is 25.1 Å². The first kappa shape index (κ1) is 21.2. The molecule has 0 unspecified atom stereocenters. The Kier molecular flexibility index (Phi) is 6.44. The molecule has 1 aromatic heterocycles. The molecule has 5 heteroatoms. The maximum absolute atomic E-state index is 10.1. The van der Waals surface area contributed by atoms with E-state index in [1.165, 1.54) is 5.56 Å². The van der Waals surface area contributed by atoms with Gasteiger partial charge in [0.2, 0.25) is 5.88 Å². The maximum atomic E-state index is 10.1. The summed E-state index contributed by atoms with van der Waals surface area (Å²) in [4.78, 5) is 4.87. The maximum Gasteiger partial charge on any atom is 0.232 e. The van der Waals surface area contributed by atoms with Crippen LogP contribution in [0.1, 0.15) is 42.9 Å². The molecule has 0 radical (unpaired) electrons. The molecular formula is C26H25ClN2O2. The van der Waals surface area contributed by atoms with Crippen LogP contribution in [-0.2, 0) is 12.8 Å². The number of nitriles is 1. The second-order valence-electron chi connectivity index (χ2n) is 7.69. The van der Waals surface area contributed by atoms with E-state index in [-0.39, 0.29) is 0 Å².